The topological polar surface area (TPSA) is 80.9 Å². The first kappa shape index (κ1) is 13.3. The van der Waals surface area contributed by atoms with Crippen LogP contribution in [0, 0.1) is 0 Å². The van der Waals surface area contributed by atoms with Gasteiger partial charge in [-0.05, 0) is 24.3 Å². The molecule has 1 heterocycles. The summed E-state index contributed by atoms with van der Waals surface area (Å²) in [5, 5.41) is 12.0. The number of nitrogens with two attached hydrogens (primary N) is 1. The van der Waals surface area contributed by atoms with E-state index in [2.05, 4.69) is 15.5 Å². The molecule has 0 saturated heterocycles. The first-order valence-electron chi connectivity index (χ1n) is 6.28. The van der Waals surface area contributed by atoms with E-state index in [4.69, 9.17) is 5.73 Å². The average molecular weight is 296 g/mol. The summed E-state index contributed by atoms with van der Waals surface area (Å²) in [6.45, 7) is 0. The summed E-state index contributed by atoms with van der Waals surface area (Å²) >= 11 is 1.31. The summed E-state index contributed by atoms with van der Waals surface area (Å²) < 4.78 is 0. The maximum absolute atomic E-state index is 12.0. The van der Waals surface area contributed by atoms with Gasteiger partial charge in [-0.1, -0.05) is 41.7 Å². The summed E-state index contributed by atoms with van der Waals surface area (Å²) in [5.41, 5.74) is 7.87. The molecular formula is C15H12N4OS. The third-order valence-corrected chi connectivity index (χ3v) is 3.70. The van der Waals surface area contributed by atoms with Crippen LogP contribution in [0.25, 0.3) is 10.6 Å². The van der Waals surface area contributed by atoms with Gasteiger partial charge in [-0.15, -0.1) is 10.2 Å². The molecule has 3 N–H and O–H groups in total. The van der Waals surface area contributed by atoms with Gasteiger partial charge in [-0.2, -0.15) is 0 Å². The van der Waals surface area contributed by atoms with Gasteiger partial charge in [0.15, 0.2) is 0 Å². The molecular weight excluding hydrogens is 284 g/mol. The second-order valence-corrected chi connectivity index (χ2v) is 5.34. The van der Waals surface area contributed by atoms with Gasteiger partial charge in [0.05, 0.1) is 0 Å². The van der Waals surface area contributed by atoms with E-state index in [1.165, 1.54) is 11.3 Å². The van der Waals surface area contributed by atoms with E-state index in [0.717, 1.165) is 5.56 Å². The number of hydrogen-bond donors (Lipinski definition) is 2. The zero-order valence-corrected chi connectivity index (χ0v) is 11.8. The molecule has 0 aliphatic carbocycles. The standard InChI is InChI=1S/C15H12N4OS/c16-12-8-4-7-11(9-12)14-18-19-15(21-14)17-13(20)10-5-2-1-3-6-10/h1-9H,16H2,(H,17,19,20). The average Bonchev–Trinajstić information content (AvgIpc) is 2.97. The summed E-state index contributed by atoms with van der Waals surface area (Å²) in [7, 11) is 0. The number of hydrogen-bond acceptors (Lipinski definition) is 5. The van der Waals surface area contributed by atoms with Crippen molar-refractivity contribution in [2.24, 2.45) is 0 Å². The second kappa shape index (κ2) is 5.72. The maximum Gasteiger partial charge on any atom is 0.257 e. The Morgan fingerprint density at radius 1 is 1.05 bits per heavy atom. The molecule has 0 bridgehead atoms. The summed E-state index contributed by atoms with van der Waals surface area (Å²) in [6, 6.07) is 16.4. The minimum Gasteiger partial charge on any atom is -0.399 e. The Kier molecular flexibility index (Phi) is 3.61. The Labute approximate surface area is 125 Å². The van der Waals surface area contributed by atoms with Crippen molar-refractivity contribution in [3.63, 3.8) is 0 Å². The van der Waals surface area contributed by atoms with Crippen molar-refractivity contribution in [3.8, 4) is 10.6 Å². The molecule has 3 aromatic rings. The predicted octanol–water partition coefficient (Wildman–Crippen LogP) is 3.04. The number of aromatic nitrogens is 2. The van der Waals surface area contributed by atoms with Crippen molar-refractivity contribution in [1.29, 1.82) is 0 Å². The van der Waals surface area contributed by atoms with Gasteiger partial charge in [0, 0.05) is 16.8 Å². The molecule has 0 atom stereocenters. The Bertz CT molecular complexity index is 770. The quantitative estimate of drug-likeness (QED) is 0.728. The number of benzene rings is 2. The zero-order valence-electron chi connectivity index (χ0n) is 11.0. The van der Waals surface area contributed by atoms with Crippen LogP contribution in [0.2, 0.25) is 0 Å². The third-order valence-electron chi connectivity index (χ3n) is 2.82. The number of rotatable bonds is 3. The monoisotopic (exact) mass is 296 g/mol. The first-order valence-corrected chi connectivity index (χ1v) is 7.10. The smallest absolute Gasteiger partial charge is 0.257 e. The highest BCUT2D eigenvalue weighted by molar-refractivity contribution is 7.18. The number of carbonyl (C=O) groups excluding carboxylic acids is 1. The normalized spacial score (nSPS) is 10.3. The Hall–Kier alpha value is -2.73. The van der Waals surface area contributed by atoms with Crippen molar-refractivity contribution in [1.82, 2.24) is 10.2 Å². The fraction of sp³-hybridized carbons (Fsp3) is 0. The lowest BCUT2D eigenvalue weighted by molar-refractivity contribution is 0.102. The molecule has 0 aliphatic heterocycles. The van der Waals surface area contributed by atoms with Crippen molar-refractivity contribution < 1.29 is 4.79 Å². The van der Waals surface area contributed by atoms with Gasteiger partial charge < -0.3 is 5.73 Å². The molecule has 104 valence electrons. The second-order valence-electron chi connectivity index (χ2n) is 4.36. The highest BCUT2D eigenvalue weighted by Gasteiger charge is 2.11. The molecule has 0 radical (unpaired) electrons. The lowest BCUT2D eigenvalue weighted by atomic mass is 10.2. The highest BCUT2D eigenvalue weighted by Crippen LogP contribution is 2.27. The number of carbonyl (C=O) groups is 1. The van der Waals surface area contributed by atoms with E-state index >= 15 is 0 Å². The van der Waals surface area contributed by atoms with Crippen LogP contribution in [-0.4, -0.2) is 16.1 Å². The molecule has 2 aromatic carbocycles. The molecule has 0 unspecified atom stereocenters. The van der Waals surface area contributed by atoms with Crippen molar-refractivity contribution >= 4 is 28.1 Å². The molecule has 21 heavy (non-hydrogen) atoms. The number of nitrogen functional groups attached to an aromatic ring is 1. The van der Waals surface area contributed by atoms with Crippen LogP contribution in [0.4, 0.5) is 10.8 Å². The third kappa shape index (κ3) is 3.06. The van der Waals surface area contributed by atoms with Crippen LogP contribution >= 0.6 is 11.3 Å². The first-order chi connectivity index (χ1) is 10.2. The molecule has 5 nitrogen and oxygen atoms in total. The van der Waals surface area contributed by atoms with E-state index < -0.39 is 0 Å². The molecule has 0 saturated carbocycles. The lowest BCUT2D eigenvalue weighted by Crippen LogP contribution is -2.11. The Morgan fingerprint density at radius 3 is 2.62 bits per heavy atom. The number of anilines is 2. The molecule has 0 aliphatic rings. The SMILES string of the molecule is Nc1cccc(-c2nnc(NC(=O)c3ccccc3)s2)c1. The number of nitrogens with one attached hydrogen (secondary N) is 1. The van der Waals surface area contributed by atoms with Gasteiger partial charge in [0.1, 0.15) is 5.01 Å². The van der Waals surface area contributed by atoms with Gasteiger partial charge in [-0.25, -0.2) is 0 Å². The number of amides is 1. The molecule has 1 aromatic heterocycles. The van der Waals surface area contributed by atoms with Gasteiger partial charge in [-0.3, -0.25) is 10.1 Å². The molecule has 1 amide bonds. The fourth-order valence-electron chi connectivity index (χ4n) is 1.82. The maximum atomic E-state index is 12.0. The molecule has 0 spiro atoms. The van der Waals surface area contributed by atoms with Crippen LogP contribution in [0.3, 0.4) is 0 Å². The summed E-state index contributed by atoms with van der Waals surface area (Å²) in [4.78, 5) is 12.0. The molecule has 6 heteroatoms. The molecule has 0 fully saturated rings. The van der Waals surface area contributed by atoms with Crippen LogP contribution in [0.15, 0.2) is 54.6 Å². The lowest BCUT2D eigenvalue weighted by Gasteiger charge is -2.00. The van der Waals surface area contributed by atoms with Crippen LogP contribution in [0.1, 0.15) is 10.4 Å². The summed E-state index contributed by atoms with van der Waals surface area (Å²) in [6.07, 6.45) is 0. The fourth-order valence-corrected chi connectivity index (χ4v) is 2.56. The van der Waals surface area contributed by atoms with Gasteiger partial charge in [0.2, 0.25) is 5.13 Å². The van der Waals surface area contributed by atoms with Gasteiger partial charge >= 0.3 is 0 Å². The minimum atomic E-state index is -0.203. The van der Waals surface area contributed by atoms with E-state index in [-0.39, 0.29) is 5.91 Å². The zero-order chi connectivity index (χ0) is 14.7. The van der Waals surface area contributed by atoms with Crippen molar-refractivity contribution in [2.45, 2.75) is 0 Å². The number of nitrogens with zero attached hydrogens (tertiary/aromatic N) is 2. The van der Waals surface area contributed by atoms with Crippen LogP contribution < -0.4 is 11.1 Å². The highest BCUT2D eigenvalue weighted by atomic mass is 32.1. The molecule has 3 rings (SSSR count). The van der Waals surface area contributed by atoms with Gasteiger partial charge in [0.25, 0.3) is 5.91 Å². The largest absolute Gasteiger partial charge is 0.399 e. The van der Waals surface area contributed by atoms with Crippen molar-refractivity contribution in [3.05, 3.63) is 60.2 Å². The summed E-state index contributed by atoms with van der Waals surface area (Å²) in [5.74, 6) is -0.203. The van der Waals surface area contributed by atoms with E-state index in [9.17, 15) is 4.79 Å². The van der Waals surface area contributed by atoms with Crippen LogP contribution in [-0.2, 0) is 0 Å². The van der Waals surface area contributed by atoms with E-state index in [1.54, 1.807) is 12.1 Å². The predicted molar refractivity (Wildman–Crippen MR) is 84.2 cm³/mol. The van der Waals surface area contributed by atoms with Crippen molar-refractivity contribution in [2.75, 3.05) is 11.1 Å². The van der Waals surface area contributed by atoms with Crippen LogP contribution in [0.5, 0.6) is 0 Å². The Morgan fingerprint density at radius 2 is 1.86 bits per heavy atom. The van der Waals surface area contributed by atoms with E-state index in [1.807, 2.05) is 42.5 Å². The van der Waals surface area contributed by atoms with E-state index in [0.29, 0.717) is 21.4 Å². The minimum absolute atomic E-state index is 0.203. The Balaban J connectivity index is 1.78.